The van der Waals surface area contributed by atoms with Crippen LogP contribution in [0.2, 0.25) is 0 Å². The number of benzene rings is 1. The molecule has 0 aliphatic carbocycles. The number of esters is 1. The van der Waals surface area contributed by atoms with Crippen LogP contribution in [0.5, 0.6) is 5.75 Å². The van der Waals surface area contributed by atoms with E-state index in [9.17, 15) is 13.6 Å². The van der Waals surface area contributed by atoms with E-state index in [1.165, 1.54) is 31.4 Å². The van der Waals surface area contributed by atoms with Crippen molar-refractivity contribution in [2.24, 2.45) is 0 Å². The monoisotopic (exact) mass is 228 g/mol. The zero-order valence-corrected chi connectivity index (χ0v) is 8.57. The van der Waals surface area contributed by atoms with Gasteiger partial charge in [0.1, 0.15) is 5.75 Å². The van der Waals surface area contributed by atoms with Crippen LogP contribution in [0.25, 0.3) is 6.08 Å². The molecule has 86 valence electrons. The lowest BCUT2D eigenvalue weighted by Gasteiger charge is -2.09. The van der Waals surface area contributed by atoms with Gasteiger partial charge in [0.25, 0.3) is 0 Å². The molecule has 0 fully saturated rings. The maximum Gasteiger partial charge on any atom is 0.387 e. The molecular formula is C11H10F2O3. The largest absolute Gasteiger partial charge is 0.465 e. The fraction of sp³-hybridized carbons (Fsp3) is 0.182. The minimum atomic E-state index is -2.91. The van der Waals surface area contributed by atoms with Crippen LogP contribution < -0.4 is 4.74 Å². The van der Waals surface area contributed by atoms with Gasteiger partial charge in [-0.1, -0.05) is 12.7 Å². The average molecular weight is 228 g/mol. The van der Waals surface area contributed by atoms with Crippen molar-refractivity contribution in [3.63, 3.8) is 0 Å². The van der Waals surface area contributed by atoms with Gasteiger partial charge in [0.05, 0.1) is 12.7 Å². The van der Waals surface area contributed by atoms with Gasteiger partial charge >= 0.3 is 12.6 Å². The first kappa shape index (κ1) is 12.2. The molecule has 0 heterocycles. The highest BCUT2D eigenvalue weighted by Crippen LogP contribution is 2.23. The molecule has 0 atom stereocenters. The number of hydrogen-bond donors (Lipinski definition) is 0. The van der Waals surface area contributed by atoms with Crippen LogP contribution in [-0.4, -0.2) is 19.7 Å². The van der Waals surface area contributed by atoms with Gasteiger partial charge < -0.3 is 9.47 Å². The molecule has 16 heavy (non-hydrogen) atoms. The minimum absolute atomic E-state index is 0.0300. The summed E-state index contributed by atoms with van der Waals surface area (Å²) in [7, 11) is 1.24. The number of carbonyl (C=O) groups is 1. The quantitative estimate of drug-likeness (QED) is 0.743. The highest BCUT2D eigenvalue weighted by Gasteiger charge is 2.11. The summed E-state index contributed by atoms with van der Waals surface area (Å²) in [5.41, 5.74) is 0.558. The summed E-state index contributed by atoms with van der Waals surface area (Å²) < 4.78 is 32.8. The first-order valence-corrected chi connectivity index (χ1v) is 4.38. The van der Waals surface area contributed by atoms with Gasteiger partial charge in [-0.05, 0) is 18.2 Å². The van der Waals surface area contributed by atoms with Crippen LogP contribution >= 0.6 is 0 Å². The number of ether oxygens (including phenoxy) is 2. The van der Waals surface area contributed by atoms with Crippen LogP contribution in [0.1, 0.15) is 15.9 Å². The van der Waals surface area contributed by atoms with Gasteiger partial charge in [-0.3, -0.25) is 0 Å². The van der Waals surface area contributed by atoms with Crippen molar-refractivity contribution in [3.05, 3.63) is 35.9 Å². The summed E-state index contributed by atoms with van der Waals surface area (Å²) in [6, 6.07) is 3.99. The lowest BCUT2D eigenvalue weighted by molar-refractivity contribution is -0.0499. The predicted octanol–water partition coefficient (Wildman–Crippen LogP) is 2.72. The van der Waals surface area contributed by atoms with Crippen molar-refractivity contribution in [3.8, 4) is 5.75 Å². The maximum absolute atomic E-state index is 12.0. The van der Waals surface area contributed by atoms with Crippen molar-refractivity contribution in [1.82, 2.24) is 0 Å². The Labute approximate surface area is 91.3 Å². The van der Waals surface area contributed by atoms with Crippen molar-refractivity contribution in [2.75, 3.05) is 7.11 Å². The topological polar surface area (TPSA) is 35.5 Å². The molecule has 0 N–H and O–H groups in total. The van der Waals surface area contributed by atoms with E-state index in [1.807, 2.05) is 0 Å². The third-order valence-electron chi connectivity index (χ3n) is 1.87. The third kappa shape index (κ3) is 2.79. The molecule has 0 spiro atoms. The zero-order chi connectivity index (χ0) is 12.1. The van der Waals surface area contributed by atoms with Crippen LogP contribution in [0.15, 0.2) is 24.8 Å². The molecule has 0 saturated heterocycles. The fourth-order valence-electron chi connectivity index (χ4n) is 1.16. The predicted molar refractivity (Wildman–Crippen MR) is 54.5 cm³/mol. The number of rotatable bonds is 4. The smallest absolute Gasteiger partial charge is 0.387 e. The molecule has 1 rings (SSSR count). The molecule has 1 aromatic rings. The van der Waals surface area contributed by atoms with Crippen molar-refractivity contribution < 1.29 is 23.0 Å². The Bertz CT molecular complexity index is 402. The Morgan fingerprint density at radius 2 is 2.19 bits per heavy atom. The molecule has 0 aromatic heterocycles. The van der Waals surface area contributed by atoms with Gasteiger partial charge in [-0.2, -0.15) is 8.78 Å². The van der Waals surface area contributed by atoms with Crippen molar-refractivity contribution in [1.29, 1.82) is 0 Å². The molecule has 0 radical (unpaired) electrons. The Hall–Kier alpha value is -1.91. The van der Waals surface area contributed by atoms with Crippen molar-refractivity contribution in [2.45, 2.75) is 6.61 Å². The molecule has 5 heteroatoms. The third-order valence-corrected chi connectivity index (χ3v) is 1.87. The standard InChI is InChI=1S/C11H10F2O3/c1-3-7-6-8(10(14)15-2)4-5-9(7)16-11(12)13/h3-6,11H,1H2,2H3. The molecule has 0 bridgehead atoms. The van der Waals surface area contributed by atoms with E-state index in [-0.39, 0.29) is 11.3 Å². The van der Waals surface area contributed by atoms with Crippen molar-refractivity contribution >= 4 is 12.0 Å². The van der Waals surface area contributed by atoms with Crippen LogP contribution in [-0.2, 0) is 4.74 Å². The Balaban J connectivity index is 3.06. The number of hydrogen-bond acceptors (Lipinski definition) is 3. The zero-order valence-electron chi connectivity index (χ0n) is 8.57. The normalized spacial score (nSPS) is 10.0. The number of methoxy groups -OCH3 is 1. The number of alkyl halides is 2. The summed E-state index contributed by atoms with van der Waals surface area (Å²) >= 11 is 0. The Morgan fingerprint density at radius 1 is 1.50 bits per heavy atom. The van der Waals surface area contributed by atoms with Gasteiger partial charge in [-0.25, -0.2) is 4.79 Å². The van der Waals surface area contributed by atoms with E-state index >= 15 is 0 Å². The SMILES string of the molecule is C=Cc1cc(C(=O)OC)ccc1OC(F)F. The van der Waals surface area contributed by atoms with Gasteiger partial charge in [0.2, 0.25) is 0 Å². The van der Waals surface area contributed by atoms with Gasteiger partial charge in [-0.15, -0.1) is 0 Å². The highest BCUT2D eigenvalue weighted by molar-refractivity contribution is 5.90. The first-order chi connectivity index (χ1) is 7.58. The van der Waals surface area contributed by atoms with E-state index in [0.29, 0.717) is 5.56 Å². The van der Waals surface area contributed by atoms with Crippen LogP contribution in [0.3, 0.4) is 0 Å². The van der Waals surface area contributed by atoms with Gasteiger partial charge in [0, 0.05) is 5.56 Å². The molecular weight excluding hydrogens is 218 g/mol. The van der Waals surface area contributed by atoms with E-state index in [0.717, 1.165) is 0 Å². The van der Waals surface area contributed by atoms with E-state index in [4.69, 9.17) is 0 Å². The first-order valence-electron chi connectivity index (χ1n) is 4.38. The lowest BCUT2D eigenvalue weighted by atomic mass is 10.1. The second-order valence-corrected chi connectivity index (χ2v) is 2.83. The summed E-state index contributed by atoms with van der Waals surface area (Å²) in [5.74, 6) is -0.579. The summed E-state index contributed by atoms with van der Waals surface area (Å²) in [4.78, 5) is 11.2. The van der Waals surface area contributed by atoms with E-state index < -0.39 is 12.6 Å². The van der Waals surface area contributed by atoms with E-state index in [2.05, 4.69) is 16.1 Å². The number of halogens is 2. The molecule has 1 aromatic carbocycles. The molecule has 0 unspecified atom stereocenters. The molecule has 0 amide bonds. The second-order valence-electron chi connectivity index (χ2n) is 2.83. The fourth-order valence-corrected chi connectivity index (χ4v) is 1.16. The van der Waals surface area contributed by atoms with Crippen LogP contribution in [0, 0.1) is 0 Å². The minimum Gasteiger partial charge on any atom is -0.465 e. The second kappa shape index (κ2) is 5.25. The molecule has 3 nitrogen and oxygen atoms in total. The summed E-state index contributed by atoms with van der Waals surface area (Å²) in [6.45, 7) is 0.534. The summed E-state index contributed by atoms with van der Waals surface area (Å²) in [5, 5.41) is 0. The average Bonchev–Trinajstić information content (AvgIpc) is 2.27. The van der Waals surface area contributed by atoms with Gasteiger partial charge in [0.15, 0.2) is 0 Å². The molecule has 0 aliphatic rings. The van der Waals surface area contributed by atoms with E-state index in [1.54, 1.807) is 0 Å². The lowest BCUT2D eigenvalue weighted by Crippen LogP contribution is -2.05. The number of carbonyl (C=O) groups excluding carboxylic acids is 1. The molecule has 0 aliphatic heterocycles. The maximum atomic E-state index is 12.0. The van der Waals surface area contributed by atoms with Crippen LogP contribution in [0.4, 0.5) is 8.78 Å². The Morgan fingerprint density at radius 3 is 2.69 bits per heavy atom. The molecule has 0 saturated carbocycles. The summed E-state index contributed by atoms with van der Waals surface area (Å²) in [6.07, 6.45) is 1.32. The highest BCUT2D eigenvalue weighted by atomic mass is 19.3. The Kier molecular flexibility index (Phi) is 3.99.